The van der Waals surface area contributed by atoms with Crippen molar-refractivity contribution in [2.75, 3.05) is 28.6 Å². The third-order valence-corrected chi connectivity index (χ3v) is 6.05. The molecule has 9 nitrogen and oxygen atoms in total. The maximum absolute atomic E-state index is 14.5. The summed E-state index contributed by atoms with van der Waals surface area (Å²) in [5, 5.41) is 8.72. The summed E-state index contributed by atoms with van der Waals surface area (Å²) >= 11 is 0. The van der Waals surface area contributed by atoms with Crippen molar-refractivity contribution >= 4 is 28.9 Å². The highest BCUT2D eigenvalue weighted by molar-refractivity contribution is 6.00. The molecule has 3 heterocycles. The van der Waals surface area contributed by atoms with E-state index in [0.717, 1.165) is 23.8 Å². The highest BCUT2D eigenvalue weighted by atomic mass is 19.4. The Bertz CT molecular complexity index is 1590. The van der Waals surface area contributed by atoms with Gasteiger partial charge in [0.15, 0.2) is 5.78 Å². The van der Waals surface area contributed by atoms with Gasteiger partial charge in [-0.2, -0.15) is 18.3 Å². The number of nitrogens with one attached hydrogen (secondary N) is 2. The maximum atomic E-state index is 14.5. The maximum Gasteiger partial charge on any atom is 0.416 e. The van der Waals surface area contributed by atoms with Gasteiger partial charge in [-0.3, -0.25) is 14.5 Å². The van der Waals surface area contributed by atoms with E-state index < -0.39 is 23.6 Å². The van der Waals surface area contributed by atoms with E-state index in [1.807, 2.05) is 0 Å². The topological polar surface area (TPSA) is 101 Å². The second kappa shape index (κ2) is 10.7. The van der Waals surface area contributed by atoms with Gasteiger partial charge in [0.25, 0.3) is 0 Å². The van der Waals surface area contributed by atoms with Gasteiger partial charge < -0.3 is 20.3 Å². The lowest BCUT2D eigenvalue weighted by Crippen LogP contribution is -2.23. The van der Waals surface area contributed by atoms with Crippen LogP contribution in [0.4, 0.5) is 39.4 Å². The molecule has 1 aliphatic heterocycles. The number of nitrogens with zero attached hydrogens (tertiary/aromatic N) is 4. The molecule has 2 aromatic heterocycles. The van der Waals surface area contributed by atoms with Gasteiger partial charge in [0.1, 0.15) is 17.3 Å². The van der Waals surface area contributed by atoms with Crippen LogP contribution < -0.4 is 20.3 Å². The molecule has 2 N–H and O–H groups in total. The zero-order chi connectivity index (χ0) is 28.4. The van der Waals surface area contributed by atoms with Gasteiger partial charge in [0, 0.05) is 61.5 Å². The number of hydrogen-bond donors (Lipinski definition) is 2. The number of Topliss-reactive ketones (excluding diaryl/α,β-unsaturated/α-hetero) is 1. The summed E-state index contributed by atoms with van der Waals surface area (Å²) < 4.78 is 62.5. The van der Waals surface area contributed by atoms with Crippen molar-refractivity contribution in [1.29, 1.82) is 0 Å². The third kappa shape index (κ3) is 6.20. The molecule has 206 valence electrons. The molecule has 1 saturated heterocycles. The lowest BCUT2D eigenvalue weighted by Gasteiger charge is -2.20. The van der Waals surface area contributed by atoms with E-state index in [1.54, 1.807) is 36.3 Å². The molecule has 0 spiro atoms. The predicted octanol–water partition coefficient (Wildman–Crippen LogP) is 5.86. The summed E-state index contributed by atoms with van der Waals surface area (Å²) in [5.74, 6) is -0.288. The quantitative estimate of drug-likeness (QED) is 0.290. The number of carbonyl (C=O) groups excluding carboxylic acids is 2. The summed E-state index contributed by atoms with van der Waals surface area (Å²) in [4.78, 5) is 30.1. The Morgan fingerprint density at radius 3 is 2.55 bits per heavy atom. The molecule has 5 rings (SSSR count). The Labute approximate surface area is 225 Å². The molecule has 0 bridgehead atoms. The minimum absolute atomic E-state index is 0.0217. The number of ether oxygens (including phenoxy) is 1. The third-order valence-electron chi connectivity index (χ3n) is 6.05. The largest absolute Gasteiger partial charge is 0.457 e. The van der Waals surface area contributed by atoms with E-state index in [0.29, 0.717) is 11.4 Å². The smallest absolute Gasteiger partial charge is 0.416 e. The molecular formula is C27H22F4N6O3. The molecule has 2 amide bonds. The molecular weight excluding hydrogens is 532 g/mol. The minimum atomic E-state index is -4.69. The number of rotatable bonds is 6. The molecule has 40 heavy (non-hydrogen) atoms. The minimum Gasteiger partial charge on any atom is -0.457 e. The van der Waals surface area contributed by atoms with Crippen LogP contribution in [0.15, 0.2) is 67.1 Å². The fraction of sp³-hybridized carbons (Fsp3) is 0.185. The summed E-state index contributed by atoms with van der Waals surface area (Å²) in [6, 6.07) is 8.99. The van der Waals surface area contributed by atoms with Crippen molar-refractivity contribution in [2.45, 2.75) is 12.6 Å². The number of amides is 2. The average molecular weight is 555 g/mol. The molecule has 0 saturated carbocycles. The van der Waals surface area contributed by atoms with Crippen LogP contribution in [0.3, 0.4) is 0 Å². The Balaban J connectivity index is 1.32. The standard InChI is InChI=1S/C27H22F4N6O3/c1-36-14-16(13-33-36)24-11-22(4-6-32-24)40-21-2-3-23(28)25(12-21)35-26(39)34-18-8-17(27(29,30)31)9-19(10-18)37-7-5-20(38)15-37/h2-4,6,8-14H,5,7,15H2,1H3,(H2,34,35,39). The zero-order valence-corrected chi connectivity index (χ0v) is 21.0. The first-order valence-corrected chi connectivity index (χ1v) is 12.0. The van der Waals surface area contributed by atoms with Crippen LogP contribution in [0.1, 0.15) is 12.0 Å². The number of carbonyl (C=O) groups is 2. The molecule has 0 unspecified atom stereocenters. The number of urea groups is 1. The van der Waals surface area contributed by atoms with Crippen LogP contribution in [-0.4, -0.2) is 39.7 Å². The number of hydrogen-bond acceptors (Lipinski definition) is 6. The van der Waals surface area contributed by atoms with Gasteiger partial charge in [0.2, 0.25) is 0 Å². The van der Waals surface area contributed by atoms with Crippen molar-refractivity contribution in [3.8, 4) is 22.8 Å². The predicted molar refractivity (Wildman–Crippen MR) is 139 cm³/mol. The molecule has 1 aliphatic rings. The summed E-state index contributed by atoms with van der Waals surface area (Å²) in [6.07, 6.45) is 0.496. The van der Waals surface area contributed by atoms with Crippen LogP contribution in [0, 0.1) is 5.82 Å². The lowest BCUT2D eigenvalue weighted by atomic mass is 10.1. The van der Waals surface area contributed by atoms with Crippen LogP contribution in [-0.2, 0) is 18.0 Å². The second-order valence-corrected chi connectivity index (χ2v) is 9.08. The van der Waals surface area contributed by atoms with Crippen LogP contribution in [0.5, 0.6) is 11.5 Å². The van der Waals surface area contributed by atoms with E-state index in [2.05, 4.69) is 20.7 Å². The molecule has 13 heteroatoms. The first kappa shape index (κ1) is 26.7. The van der Waals surface area contributed by atoms with Crippen LogP contribution in [0.2, 0.25) is 0 Å². The van der Waals surface area contributed by atoms with Gasteiger partial charge in [-0.1, -0.05) is 0 Å². The van der Waals surface area contributed by atoms with Crippen molar-refractivity contribution in [3.05, 3.63) is 78.5 Å². The van der Waals surface area contributed by atoms with Crippen molar-refractivity contribution in [3.63, 3.8) is 0 Å². The number of benzene rings is 2. The van der Waals surface area contributed by atoms with Gasteiger partial charge in [-0.15, -0.1) is 0 Å². The van der Waals surface area contributed by atoms with Crippen LogP contribution >= 0.6 is 0 Å². The fourth-order valence-electron chi connectivity index (χ4n) is 4.15. The van der Waals surface area contributed by atoms with Crippen LogP contribution in [0.25, 0.3) is 11.3 Å². The van der Waals surface area contributed by atoms with E-state index >= 15 is 0 Å². The number of alkyl halides is 3. The van der Waals surface area contributed by atoms with Crippen molar-refractivity contribution in [1.82, 2.24) is 14.8 Å². The Kier molecular flexibility index (Phi) is 7.11. The normalized spacial score (nSPS) is 13.4. The molecule has 0 radical (unpaired) electrons. The zero-order valence-electron chi connectivity index (χ0n) is 21.0. The summed E-state index contributed by atoms with van der Waals surface area (Å²) in [5.41, 5.74) is 0.0808. The molecule has 0 atom stereocenters. The number of halogens is 4. The van der Waals surface area contributed by atoms with Gasteiger partial charge in [-0.25, -0.2) is 9.18 Å². The Morgan fingerprint density at radius 1 is 1.05 bits per heavy atom. The molecule has 1 fully saturated rings. The number of aromatic nitrogens is 3. The lowest BCUT2D eigenvalue weighted by molar-refractivity contribution is -0.137. The van der Waals surface area contributed by atoms with Crippen molar-refractivity contribution < 1.29 is 31.9 Å². The monoisotopic (exact) mass is 554 g/mol. The number of aryl methyl sites for hydroxylation is 1. The Morgan fingerprint density at radius 2 is 1.85 bits per heavy atom. The molecule has 0 aliphatic carbocycles. The summed E-state index contributed by atoms with van der Waals surface area (Å²) in [6.45, 7) is 0.247. The number of ketones is 1. The van der Waals surface area contributed by atoms with Gasteiger partial charge in [-0.05, 0) is 36.4 Å². The molecule has 2 aromatic carbocycles. The van der Waals surface area contributed by atoms with Gasteiger partial charge >= 0.3 is 12.2 Å². The highest BCUT2D eigenvalue weighted by Gasteiger charge is 2.32. The van der Waals surface area contributed by atoms with E-state index in [1.165, 1.54) is 29.3 Å². The highest BCUT2D eigenvalue weighted by Crippen LogP contribution is 2.35. The number of anilines is 3. The Hall–Kier alpha value is -4.94. The van der Waals surface area contributed by atoms with E-state index in [4.69, 9.17) is 4.74 Å². The summed E-state index contributed by atoms with van der Waals surface area (Å²) in [7, 11) is 1.77. The van der Waals surface area contributed by atoms with E-state index in [9.17, 15) is 27.2 Å². The second-order valence-electron chi connectivity index (χ2n) is 9.08. The first-order chi connectivity index (χ1) is 19.0. The first-order valence-electron chi connectivity index (χ1n) is 12.0. The number of pyridine rings is 1. The SMILES string of the molecule is Cn1cc(-c2cc(Oc3ccc(F)c(NC(=O)Nc4cc(N5CCC(=O)C5)cc(C(F)(F)F)c4)c3)ccn2)cn1. The average Bonchev–Trinajstić information content (AvgIpc) is 3.54. The fourth-order valence-corrected chi connectivity index (χ4v) is 4.15. The van der Waals surface area contributed by atoms with Gasteiger partial charge in [0.05, 0.1) is 29.7 Å². The van der Waals surface area contributed by atoms with Crippen molar-refractivity contribution in [2.24, 2.45) is 7.05 Å². The van der Waals surface area contributed by atoms with E-state index in [-0.39, 0.29) is 48.1 Å². The molecule has 4 aromatic rings.